The fourth-order valence-corrected chi connectivity index (χ4v) is 9.44. The molecule has 54 heavy (non-hydrogen) atoms. The van der Waals surface area contributed by atoms with E-state index in [-0.39, 0.29) is 0 Å². The van der Waals surface area contributed by atoms with Gasteiger partial charge in [-0.25, -0.2) is 0 Å². The van der Waals surface area contributed by atoms with Crippen LogP contribution in [0.25, 0.3) is 120 Å². The summed E-state index contributed by atoms with van der Waals surface area (Å²) in [6, 6.07) is 72.5. The highest BCUT2D eigenvalue weighted by atomic mass is 14.2. The van der Waals surface area contributed by atoms with E-state index in [4.69, 9.17) is 0 Å². The summed E-state index contributed by atoms with van der Waals surface area (Å²) >= 11 is 0. The zero-order valence-corrected chi connectivity index (χ0v) is 29.5. The molecule has 248 valence electrons. The third-order valence-electron chi connectivity index (χ3n) is 11.9. The molecule has 12 aromatic rings. The molecule has 0 heterocycles. The van der Waals surface area contributed by atoms with Gasteiger partial charge in [0, 0.05) is 0 Å². The van der Waals surface area contributed by atoms with Gasteiger partial charge < -0.3 is 0 Å². The first-order valence-corrected chi connectivity index (χ1v) is 18.8. The van der Waals surface area contributed by atoms with Crippen molar-refractivity contribution in [1.82, 2.24) is 0 Å². The van der Waals surface area contributed by atoms with Crippen molar-refractivity contribution in [1.29, 1.82) is 0 Å². The average molecular weight is 681 g/mol. The molecule has 0 amide bonds. The van der Waals surface area contributed by atoms with Gasteiger partial charge in [-0.3, -0.25) is 0 Å². The molecule has 0 saturated heterocycles. The standard InChI is InChI=1S/C54H32/c1-2-10-38-30-39(19-16-33(38)8-1)40-20-21-42-32-43(23-22-41(42)31-40)52-45-14-5-6-15-46(45)53(49-29-24-34-9-3-4-13-44(34)54(49)52)48-28-26-37-18-17-35-11-7-12-36-25-27-47(48)51(37)50(35)36/h1-32H. The Morgan fingerprint density at radius 3 is 1.43 bits per heavy atom. The number of benzene rings is 12. The molecule has 0 atom stereocenters. The molecule has 0 nitrogen and oxygen atoms in total. The summed E-state index contributed by atoms with van der Waals surface area (Å²) in [5, 5.41) is 20.6. The van der Waals surface area contributed by atoms with Gasteiger partial charge in [-0.05, 0) is 138 Å². The van der Waals surface area contributed by atoms with E-state index in [1.807, 2.05) is 0 Å². The maximum atomic E-state index is 2.40. The summed E-state index contributed by atoms with van der Waals surface area (Å²) in [6.07, 6.45) is 0. The molecule has 0 unspecified atom stereocenters. The van der Waals surface area contributed by atoms with E-state index in [9.17, 15) is 0 Å². The topological polar surface area (TPSA) is 0 Å². The summed E-state index contributed by atoms with van der Waals surface area (Å²) in [4.78, 5) is 0. The summed E-state index contributed by atoms with van der Waals surface area (Å²) in [5.41, 5.74) is 7.59. The van der Waals surface area contributed by atoms with Crippen molar-refractivity contribution in [3.8, 4) is 33.4 Å². The lowest BCUT2D eigenvalue weighted by atomic mass is 9.82. The third-order valence-corrected chi connectivity index (χ3v) is 11.9. The molecule has 0 aliphatic carbocycles. The van der Waals surface area contributed by atoms with E-state index in [0.717, 1.165) is 0 Å². The monoisotopic (exact) mass is 680 g/mol. The molecule has 0 spiro atoms. The van der Waals surface area contributed by atoms with Crippen LogP contribution in [0.5, 0.6) is 0 Å². The molecular weight excluding hydrogens is 649 g/mol. The van der Waals surface area contributed by atoms with Crippen molar-refractivity contribution in [3.63, 3.8) is 0 Å². The first-order valence-electron chi connectivity index (χ1n) is 18.8. The van der Waals surface area contributed by atoms with Gasteiger partial charge in [0.25, 0.3) is 0 Å². The molecule has 0 aliphatic rings. The smallest absolute Gasteiger partial charge is 0.00141 e. The second-order valence-corrected chi connectivity index (χ2v) is 14.8. The van der Waals surface area contributed by atoms with Gasteiger partial charge in [0.2, 0.25) is 0 Å². The Labute approximate surface area is 312 Å². The zero-order valence-electron chi connectivity index (χ0n) is 29.5. The number of rotatable bonds is 3. The van der Waals surface area contributed by atoms with Gasteiger partial charge in [-0.15, -0.1) is 0 Å². The quantitative estimate of drug-likeness (QED) is 0.129. The van der Waals surface area contributed by atoms with E-state index in [1.54, 1.807) is 0 Å². The SMILES string of the molecule is c1ccc2cc(-c3ccc4cc(-c5c6ccccc6c(-c6ccc7ccc8cccc9ccc6c7c89)c6ccc7ccccc7c56)ccc4c3)ccc2c1. The number of hydrogen-bond donors (Lipinski definition) is 0. The fraction of sp³-hybridized carbons (Fsp3) is 0. The van der Waals surface area contributed by atoms with E-state index < -0.39 is 0 Å². The molecule has 12 rings (SSSR count). The van der Waals surface area contributed by atoms with Crippen molar-refractivity contribution in [2.45, 2.75) is 0 Å². The van der Waals surface area contributed by atoms with E-state index in [2.05, 4.69) is 194 Å². The van der Waals surface area contributed by atoms with Crippen molar-refractivity contribution in [2.75, 3.05) is 0 Å². The van der Waals surface area contributed by atoms with Crippen molar-refractivity contribution < 1.29 is 0 Å². The van der Waals surface area contributed by atoms with Crippen LogP contribution >= 0.6 is 0 Å². The molecule has 0 fully saturated rings. The van der Waals surface area contributed by atoms with E-state index in [0.29, 0.717) is 0 Å². The molecule has 0 bridgehead atoms. The van der Waals surface area contributed by atoms with Crippen LogP contribution in [0.1, 0.15) is 0 Å². The van der Waals surface area contributed by atoms with E-state index in [1.165, 1.54) is 120 Å². The minimum absolute atomic E-state index is 1.24. The summed E-state index contributed by atoms with van der Waals surface area (Å²) in [6.45, 7) is 0. The minimum atomic E-state index is 1.24. The highest BCUT2D eigenvalue weighted by Gasteiger charge is 2.21. The van der Waals surface area contributed by atoms with Gasteiger partial charge in [0.15, 0.2) is 0 Å². The minimum Gasteiger partial charge on any atom is -0.0616 e. The lowest BCUT2D eigenvalue weighted by Crippen LogP contribution is -1.93. The molecule has 12 aromatic carbocycles. The molecular formula is C54H32. The molecule has 0 heteroatoms. The maximum Gasteiger partial charge on any atom is -0.00141 e. The van der Waals surface area contributed by atoms with Gasteiger partial charge >= 0.3 is 0 Å². The van der Waals surface area contributed by atoms with Crippen LogP contribution in [0.2, 0.25) is 0 Å². The Kier molecular flexibility index (Phi) is 6.15. The van der Waals surface area contributed by atoms with Gasteiger partial charge in [-0.2, -0.15) is 0 Å². The van der Waals surface area contributed by atoms with Crippen molar-refractivity contribution >= 4 is 86.2 Å². The molecule has 0 radical (unpaired) electrons. The molecule has 0 aliphatic heterocycles. The number of fused-ring (bicyclic) bond motifs is 6. The number of hydrogen-bond acceptors (Lipinski definition) is 0. The predicted octanol–water partition coefficient (Wildman–Crippen LogP) is 15.4. The first-order chi connectivity index (χ1) is 26.8. The Balaban J connectivity index is 1.14. The maximum absolute atomic E-state index is 2.40. The largest absolute Gasteiger partial charge is 0.0616 e. The highest BCUT2D eigenvalue weighted by Crippen LogP contribution is 2.49. The first kappa shape index (κ1) is 29.5. The summed E-state index contributed by atoms with van der Waals surface area (Å²) in [7, 11) is 0. The fourth-order valence-electron chi connectivity index (χ4n) is 9.44. The van der Waals surface area contributed by atoms with Crippen LogP contribution in [0.3, 0.4) is 0 Å². The molecule has 0 aromatic heterocycles. The summed E-state index contributed by atoms with van der Waals surface area (Å²) < 4.78 is 0. The van der Waals surface area contributed by atoms with Crippen LogP contribution in [0, 0.1) is 0 Å². The lowest BCUT2D eigenvalue weighted by molar-refractivity contribution is 1.66. The third kappa shape index (κ3) is 4.26. The van der Waals surface area contributed by atoms with Gasteiger partial charge in [0.1, 0.15) is 0 Å². The molecule has 0 saturated carbocycles. The Morgan fingerprint density at radius 1 is 0.204 bits per heavy atom. The Hall–Kier alpha value is -7.02. The van der Waals surface area contributed by atoms with Crippen molar-refractivity contribution in [2.24, 2.45) is 0 Å². The zero-order chi connectivity index (χ0) is 35.3. The van der Waals surface area contributed by atoms with Crippen molar-refractivity contribution in [3.05, 3.63) is 194 Å². The van der Waals surface area contributed by atoms with Gasteiger partial charge in [-0.1, -0.05) is 176 Å². The van der Waals surface area contributed by atoms with Crippen LogP contribution in [0.15, 0.2) is 194 Å². The average Bonchev–Trinajstić information content (AvgIpc) is 3.24. The molecule has 0 N–H and O–H groups in total. The van der Waals surface area contributed by atoms with Crippen LogP contribution < -0.4 is 0 Å². The van der Waals surface area contributed by atoms with Crippen LogP contribution in [-0.2, 0) is 0 Å². The Morgan fingerprint density at radius 2 is 0.667 bits per heavy atom. The predicted molar refractivity (Wildman–Crippen MR) is 234 cm³/mol. The Bertz CT molecular complexity index is 3480. The lowest BCUT2D eigenvalue weighted by Gasteiger charge is -2.21. The van der Waals surface area contributed by atoms with Gasteiger partial charge in [0.05, 0.1) is 0 Å². The van der Waals surface area contributed by atoms with E-state index >= 15 is 0 Å². The summed E-state index contributed by atoms with van der Waals surface area (Å²) in [5.74, 6) is 0. The normalized spacial score (nSPS) is 12.1. The second-order valence-electron chi connectivity index (χ2n) is 14.8. The highest BCUT2D eigenvalue weighted by molar-refractivity contribution is 6.32. The van der Waals surface area contributed by atoms with Crippen LogP contribution in [-0.4, -0.2) is 0 Å². The second kappa shape index (κ2) is 11.2. The van der Waals surface area contributed by atoms with Crippen LogP contribution in [0.4, 0.5) is 0 Å².